The van der Waals surface area contributed by atoms with E-state index in [4.69, 9.17) is 0 Å². The molecule has 0 saturated heterocycles. The van der Waals surface area contributed by atoms with Gasteiger partial charge < -0.3 is 10.4 Å². The number of aliphatic hydroxyl groups is 1. The highest BCUT2D eigenvalue weighted by atomic mass is 32.1. The molecule has 0 aliphatic carbocycles. The van der Waals surface area contributed by atoms with Crippen molar-refractivity contribution in [1.82, 2.24) is 0 Å². The van der Waals surface area contributed by atoms with Gasteiger partial charge in [0.15, 0.2) is 0 Å². The van der Waals surface area contributed by atoms with Crippen LogP contribution in [0.15, 0.2) is 29.6 Å². The smallest absolute Gasteiger partial charge is 0.234 e. The second-order valence-corrected chi connectivity index (χ2v) is 6.75. The van der Waals surface area contributed by atoms with E-state index in [0.717, 1.165) is 27.3 Å². The predicted octanol–water partition coefficient (Wildman–Crippen LogP) is 3.37. The summed E-state index contributed by atoms with van der Waals surface area (Å²) in [6, 6.07) is 7.80. The van der Waals surface area contributed by atoms with Gasteiger partial charge in [-0.15, -0.1) is 11.3 Å². The summed E-state index contributed by atoms with van der Waals surface area (Å²) in [6.07, 6.45) is -0.696. The monoisotopic (exact) mass is 287 g/mol. The summed E-state index contributed by atoms with van der Waals surface area (Å²) in [4.78, 5) is 13.0. The van der Waals surface area contributed by atoms with Crippen LogP contribution in [0.25, 0.3) is 0 Å². The highest BCUT2D eigenvalue weighted by molar-refractivity contribution is 7.10. The second kappa shape index (κ2) is 4.43. The Balaban J connectivity index is 2.17. The number of nitrogens with one attached hydrogen (secondary N) is 1. The van der Waals surface area contributed by atoms with E-state index in [2.05, 4.69) is 5.32 Å². The van der Waals surface area contributed by atoms with Crippen molar-refractivity contribution in [2.24, 2.45) is 0 Å². The molecule has 3 nitrogen and oxygen atoms in total. The summed E-state index contributed by atoms with van der Waals surface area (Å²) < 4.78 is 0. The Kier molecular flexibility index (Phi) is 2.96. The van der Waals surface area contributed by atoms with Crippen LogP contribution in [0.1, 0.15) is 41.5 Å². The normalized spacial score (nSPS) is 17.7. The van der Waals surface area contributed by atoms with Crippen LogP contribution >= 0.6 is 11.3 Å². The summed E-state index contributed by atoms with van der Waals surface area (Å²) in [5.41, 5.74) is 3.02. The number of aliphatic hydroxyl groups excluding tert-OH is 1. The van der Waals surface area contributed by atoms with E-state index in [1.54, 1.807) is 0 Å². The van der Waals surface area contributed by atoms with E-state index in [-0.39, 0.29) is 5.91 Å². The molecule has 1 aromatic heterocycles. The number of thiophene rings is 1. The number of fused-ring (bicyclic) bond motifs is 1. The predicted molar refractivity (Wildman–Crippen MR) is 81.2 cm³/mol. The van der Waals surface area contributed by atoms with Gasteiger partial charge in [-0.3, -0.25) is 4.79 Å². The van der Waals surface area contributed by atoms with E-state index in [1.807, 2.05) is 50.4 Å². The van der Waals surface area contributed by atoms with Crippen LogP contribution in [0.2, 0.25) is 0 Å². The fourth-order valence-corrected chi connectivity index (χ4v) is 3.38. The highest BCUT2D eigenvalue weighted by Gasteiger charge is 2.40. The van der Waals surface area contributed by atoms with Gasteiger partial charge in [0.25, 0.3) is 0 Å². The molecule has 0 saturated carbocycles. The number of amides is 1. The van der Waals surface area contributed by atoms with Crippen molar-refractivity contribution in [2.75, 3.05) is 5.32 Å². The molecule has 104 valence electrons. The van der Waals surface area contributed by atoms with Crippen LogP contribution in [-0.4, -0.2) is 11.0 Å². The Morgan fingerprint density at radius 3 is 2.75 bits per heavy atom. The van der Waals surface area contributed by atoms with E-state index in [9.17, 15) is 9.90 Å². The molecule has 4 heteroatoms. The molecule has 1 atom stereocenters. The number of rotatable bonds is 2. The molecule has 2 aromatic rings. The Hall–Kier alpha value is -1.65. The molecule has 2 N–H and O–H groups in total. The number of hydrogen-bond acceptors (Lipinski definition) is 3. The van der Waals surface area contributed by atoms with Gasteiger partial charge in [-0.1, -0.05) is 23.8 Å². The Labute approximate surface area is 122 Å². The third-order valence-electron chi connectivity index (χ3n) is 3.90. The maximum absolute atomic E-state index is 12.1. The average molecular weight is 287 g/mol. The van der Waals surface area contributed by atoms with Crippen molar-refractivity contribution < 1.29 is 9.90 Å². The van der Waals surface area contributed by atoms with E-state index < -0.39 is 11.5 Å². The number of benzene rings is 1. The fraction of sp³-hybridized carbons (Fsp3) is 0.312. The molecule has 3 rings (SSSR count). The lowest BCUT2D eigenvalue weighted by atomic mass is 9.84. The van der Waals surface area contributed by atoms with Crippen molar-refractivity contribution in [3.8, 4) is 0 Å². The van der Waals surface area contributed by atoms with Crippen LogP contribution < -0.4 is 5.32 Å². The number of anilines is 1. The Bertz CT molecular complexity index is 674. The number of carbonyl (C=O) groups is 1. The van der Waals surface area contributed by atoms with E-state index in [1.165, 1.54) is 11.3 Å². The fourth-order valence-electron chi connectivity index (χ4n) is 2.65. The summed E-state index contributed by atoms with van der Waals surface area (Å²) in [5.74, 6) is -0.0160. The van der Waals surface area contributed by atoms with Gasteiger partial charge in [0, 0.05) is 10.4 Å². The molecule has 2 heterocycles. The maximum Gasteiger partial charge on any atom is 0.234 e. The first-order valence-electron chi connectivity index (χ1n) is 6.59. The van der Waals surface area contributed by atoms with Gasteiger partial charge in [-0.05, 0) is 37.8 Å². The first kappa shape index (κ1) is 13.3. The second-order valence-electron chi connectivity index (χ2n) is 5.77. The topological polar surface area (TPSA) is 49.3 Å². The number of hydrogen-bond donors (Lipinski definition) is 2. The molecule has 0 fully saturated rings. The summed E-state index contributed by atoms with van der Waals surface area (Å²) in [5, 5.41) is 15.5. The lowest BCUT2D eigenvalue weighted by molar-refractivity contribution is -0.119. The number of aryl methyl sites for hydroxylation is 1. The summed E-state index contributed by atoms with van der Waals surface area (Å²) in [6.45, 7) is 5.81. The lowest BCUT2D eigenvalue weighted by Crippen LogP contribution is -2.26. The van der Waals surface area contributed by atoms with Crippen molar-refractivity contribution in [3.05, 3.63) is 51.2 Å². The quantitative estimate of drug-likeness (QED) is 0.889. The largest absolute Gasteiger partial charge is 0.383 e. The zero-order valence-electron chi connectivity index (χ0n) is 11.7. The van der Waals surface area contributed by atoms with Gasteiger partial charge in [0.1, 0.15) is 6.10 Å². The van der Waals surface area contributed by atoms with Gasteiger partial charge >= 0.3 is 0 Å². The van der Waals surface area contributed by atoms with Crippen LogP contribution in [-0.2, 0) is 10.2 Å². The minimum atomic E-state index is -0.696. The standard InChI is InChI=1S/C16H17NO2S/c1-9-7-10(14(18)12-5-4-6-20-12)13-11(8-9)16(2,3)15(19)17-13/h4-8,14,18H,1-3H3,(H,17,19). The van der Waals surface area contributed by atoms with Crippen LogP contribution in [0.3, 0.4) is 0 Å². The Morgan fingerprint density at radius 2 is 2.10 bits per heavy atom. The molecule has 1 amide bonds. The molecule has 1 aliphatic rings. The SMILES string of the molecule is Cc1cc(C(O)c2cccs2)c2c(c1)C(C)(C)C(=O)N2. The molecular formula is C16H17NO2S. The Morgan fingerprint density at radius 1 is 1.35 bits per heavy atom. The zero-order chi connectivity index (χ0) is 14.5. The molecule has 0 radical (unpaired) electrons. The third-order valence-corrected chi connectivity index (χ3v) is 4.82. The minimum Gasteiger partial charge on any atom is -0.383 e. The van der Waals surface area contributed by atoms with Gasteiger partial charge in [0.05, 0.1) is 11.1 Å². The third kappa shape index (κ3) is 1.87. The minimum absolute atomic E-state index is 0.0160. The van der Waals surface area contributed by atoms with Crippen molar-refractivity contribution in [3.63, 3.8) is 0 Å². The highest BCUT2D eigenvalue weighted by Crippen LogP contribution is 2.43. The van der Waals surface area contributed by atoms with E-state index >= 15 is 0 Å². The van der Waals surface area contributed by atoms with Crippen LogP contribution in [0, 0.1) is 6.92 Å². The molecule has 20 heavy (non-hydrogen) atoms. The lowest BCUT2D eigenvalue weighted by Gasteiger charge is -2.18. The first-order valence-corrected chi connectivity index (χ1v) is 7.47. The summed E-state index contributed by atoms with van der Waals surface area (Å²) >= 11 is 1.52. The number of carbonyl (C=O) groups excluding carboxylic acids is 1. The molecular weight excluding hydrogens is 270 g/mol. The van der Waals surface area contributed by atoms with Crippen LogP contribution in [0.4, 0.5) is 5.69 Å². The van der Waals surface area contributed by atoms with Crippen molar-refractivity contribution >= 4 is 22.9 Å². The zero-order valence-corrected chi connectivity index (χ0v) is 12.5. The van der Waals surface area contributed by atoms with Gasteiger partial charge in [-0.25, -0.2) is 0 Å². The molecule has 0 bridgehead atoms. The molecule has 0 spiro atoms. The summed E-state index contributed by atoms with van der Waals surface area (Å²) in [7, 11) is 0. The van der Waals surface area contributed by atoms with Crippen molar-refractivity contribution in [2.45, 2.75) is 32.3 Å². The van der Waals surface area contributed by atoms with E-state index in [0.29, 0.717) is 0 Å². The maximum atomic E-state index is 12.1. The van der Waals surface area contributed by atoms with Gasteiger partial charge in [0.2, 0.25) is 5.91 Å². The first-order chi connectivity index (χ1) is 9.41. The molecule has 1 unspecified atom stereocenters. The molecule has 1 aliphatic heterocycles. The van der Waals surface area contributed by atoms with Crippen molar-refractivity contribution in [1.29, 1.82) is 0 Å². The average Bonchev–Trinajstić information content (AvgIpc) is 2.99. The molecule has 1 aromatic carbocycles. The van der Waals surface area contributed by atoms with Gasteiger partial charge in [-0.2, -0.15) is 0 Å². The van der Waals surface area contributed by atoms with Crippen LogP contribution in [0.5, 0.6) is 0 Å².